The zero-order valence-electron chi connectivity index (χ0n) is 14.7. The summed E-state index contributed by atoms with van der Waals surface area (Å²) >= 11 is 0. The maximum absolute atomic E-state index is 13.2. The molecule has 0 bridgehead atoms. The number of fused-ring (bicyclic) bond motifs is 2. The topological polar surface area (TPSA) is 51.0 Å². The van der Waals surface area contributed by atoms with Crippen molar-refractivity contribution in [1.82, 2.24) is 14.5 Å². The van der Waals surface area contributed by atoms with Crippen LogP contribution in [0.4, 0.5) is 5.69 Å². The fourth-order valence-corrected chi connectivity index (χ4v) is 3.77. The molecule has 3 heterocycles. The van der Waals surface area contributed by atoms with Crippen molar-refractivity contribution in [3.05, 3.63) is 78.6 Å². The number of para-hydroxylation sites is 3. The molecule has 0 N–H and O–H groups in total. The van der Waals surface area contributed by atoms with E-state index >= 15 is 0 Å². The molecule has 1 aliphatic rings. The smallest absolute Gasteiger partial charge is 0.247 e. The number of imidazole rings is 1. The van der Waals surface area contributed by atoms with Gasteiger partial charge in [-0.1, -0.05) is 30.3 Å². The molecule has 0 atom stereocenters. The molecule has 0 aliphatic carbocycles. The summed E-state index contributed by atoms with van der Waals surface area (Å²) in [4.78, 5) is 24.0. The predicted octanol–water partition coefficient (Wildman–Crippen LogP) is 3.69. The van der Waals surface area contributed by atoms with Crippen LogP contribution in [0.25, 0.3) is 22.4 Å². The first kappa shape index (κ1) is 15.8. The van der Waals surface area contributed by atoms with E-state index in [0.29, 0.717) is 0 Å². The van der Waals surface area contributed by atoms with E-state index in [4.69, 9.17) is 4.98 Å². The van der Waals surface area contributed by atoms with Crippen molar-refractivity contribution in [2.45, 2.75) is 13.0 Å². The van der Waals surface area contributed by atoms with Crippen LogP contribution < -0.4 is 4.90 Å². The van der Waals surface area contributed by atoms with E-state index in [1.165, 1.54) is 5.56 Å². The molecule has 132 valence electrons. The maximum Gasteiger partial charge on any atom is 0.247 e. The Bertz CT molecular complexity index is 1130. The second-order valence-corrected chi connectivity index (χ2v) is 6.68. The van der Waals surface area contributed by atoms with Gasteiger partial charge in [0.2, 0.25) is 5.91 Å². The first-order valence-electron chi connectivity index (χ1n) is 9.05. The Labute approximate surface area is 156 Å². The maximum atomic E-state index is 13.2. The zero-order valence-corrected chi connectivity index (χ0v) is 14.7. The average molecular weight is 354 g/mol. The molecule has 5 nitrogen and oxygen atoms in total. The van der Waals surface area contributed by atoms with Crippen molar-refractivity contribution >= 4 is 22.6 Å². The molecule has 2 aromatic carbocycles. The van der Waals surface area contributed by atoms with Crippen LogP contribution in [0.2, 0.25) is 0 Å². The Kier molecular flexibility index (Phi) is 3.71. The van der Waals surface area contributed by atoms with Crippen molar-refractivity contribution in [3.8, 4) is 11.4 Å². The molecule has 5 rings (SSSR count). The molecule has 0 saturated heterocycles. The number of nitrogens with zero attached hydrogens (tertiary/aromatic N) is 4. The van der Waals surface area contributed by atoms with Gasteiger partial charge in [-0.15, -0.1) is 0 Å². The van der Waals surface area contributed by atoms with E-state index < -0.39 is 0 Å². The Hall–Kier alpha value is -3.47. The van der Waals surface area contributed by atoms with Gasteiger partial charge < -0.3 is 9.47 Å². The predicted molar refractivity (Wildman–Crippen MR) is 105 cm³/mol. The monoisotopic (exact) mass is 354 g/mol. The fraction of sp³-hybridized carbons (Fsp3) is 0.136. The molecule has 0 saturated carbocycles. The van der Waals surface area contributed by atoms with E-state index in [1.807, 2.05) is 64.1 Å². The summed E-state index contributed by atoms with van der Waals surface area (Å²) in [6, 6.07) is 19.9. The van der Waals surface area contributed by atoms with Gasteiger partial charge in [0.15, 0.2) is 0 Å². The van der Waals surface area contributed by atoms with Crippen molar-refractivity contribution in [1.29, 1.82) is 0 Å². The quantitative estimate of drug-likeness (QED) is 0.564. The molecule has 1 aliphatic heterocycles. The number of carbonyl (C=O) groups is 1. The number of aromatic nitrogens is 3. The van der Waals surface area contributed by atoms with Gasteiger partial charge in [0.25, 0.3) is 0 Å². The molecule has 0 radical (unpaired) electrons. The van der Waals surface area contributed by atoms with Crippen LogP contribution in [0.3, 0.4) is 0 Å². The molecule has 0 fully saturated rings. The third kappa shape index (κ3) is 2.68. The van der Waals surface area contributed by atoms with Gasteiger partial charge in [-0.2, -0.15) is 0 Å². The molecular weight excluding hydrogens is 336 g/mol. The van der Waals surface area contributed by atoms with Gasteiger partial charge in [-0.25, -0.2) is 4.98 Å². The van der Waals surface area contributed by atoms with E-state index in [1.54, 1.807) is 12.4 Å². The Morgan fingerprint density at radius 1 is 1.00 bits per heavy atom. The van der Waals surface area contributed by atoms with E-state index in [-0.39, 0.29) is 12.5 Å². The largest absolute Gasteiger partial charge is 0.314 e. The fourth-order valence-electron chi connectivity index (χ4n) is 3.77. The minimum Gasteiger partial charge on any atom is -0.314 e. The second kappa shape index (κ2) is 6.36. The highest BCUT2D eigenvalue weighted by atomic mass is 16.2. The number of amides is 1. The van der Waals surface area contributed by atoms with Crippen LogP contribution in [-0.2, 0) is 17.8 Å². The zero-order chi connectivity index (χ0) is 18.2. The van der Waals surface area contributed by atoms with Gasteiger partial charge in [0, 0.05) is 30.2 Å². The first-order valence-corrected chi connectivity index (χ1v) is 9.05. The summed E-state index contributed by atoms with van der Waals surface area (Å²) in [5.74, 6) is 0.846. The molecule has 4 aromatic rings. The highest BCUT2D eigenvalue weighted by Gasteiger charge is 2.25. The minimum absolute atomic E-state index is 0.0771. The third-order valence-electron chi connectivity index (χ3n) is 5.06. The third-order valence-corrected chi connectivity index (χ3v) is 5.06. The summed E-state index contributed by atoms with van der Waals surface area (Å²) in [6.07, 6.45) is 4.43. The molecule has 27 heavy (non-hydrogen) atoms. The van der Waals surface area contributed by atoms with Crippen molar-refractivity contribution in [2.24, 2.45) is 0 Å². The lowest BCUT2D eigenvalue weighted by atomic mass is 10.2. The standard InChI is InChI=1S/C22H18N4O/c27-21(25-13-11-16-6-1-3-9-19(16)25)15-26-20-10-4-2-8-18(20)24-22(26)17-7-5-12-23-14-17/h1-10,12,14H,11,13,15H2. The SMILES string of the molecule is O=C(Cn1c(-c2cccnc2)nc2ccccc21)N1CCc2ccccc21. The lowest BCUT2D eigenvalue weighted by Crippen LogP contribution is -2.32. The number of rotatable bonds is 3. The van der Waals surface area contributed by atoms with Crippen molar-refractivity contribution in [2.75, 3.05) is 11.4 Å². The van der Waals surface area contributed by atoms with Crippen molar-refractivity contribution in [3.63, 3.8) is 0 Å². The summed E-state index contributed by atoms with van der Waals surface area (Å²) in [5.41, 5.74) is 5.00. The highest BCUT2D eigenvalue weighted by Crippen LogP contribution is 2.29. The molecule has 0 spiro atoms. The molecule has 1 amide bonds. The van der Waals surface area contributed by atoms with Crippen molar-refractivity contribution < 1.29 is 4.79 Å². The first-order chi connectivity index (χ1) is 13.3. The van der Waals surface area contributed by atoms with Crippen LogP contribution in [0.15, 0.2) is 73.1 Å². The number of pyridine rings is 1. The molecular formula is C22H18N4O. The van der Waals surface area contributed by atoms with Crippen LogP contribution >= 0.6 is 0 Å². The van der Waals surface area contributed by atoms with E-state index in [2.05, 4.69) is 11.1 Å². The Balaban J connectivity index is 1.56. The minimum atomic E-state index is 0.0771. The lowest BCUT2D eigenvalue weighted by Gasteiger charge is -2.19. The van der Waals surface area contributed by atoms with Crippen LogP contribution in [0, 0.1) is 0 Å². The Morgan fingerprint density at radius 2 is 1.85 bits per heavy atom. The summed E-state index contributed by atoms with van der Waals surface area (Å²) in [5, 5.41) is 0. The van der Waals surface area contributed by atoms with Gasteiger partial charge in [-0.3, -0.25) is 9.78 Å². The molecule has 2 aromatic heterocycles. The molecule has 5 heteroatoms. The summed E-state index contributed by atoms with van der Waals surface area (Å²) in [7, 11) is 0. The number of anilines is 1. The number of hydrogen-bond acceptors (Lipinski definition) is 3. The van der Waals surface area contributed by atoms with Gasteiger partial charge in [0.1, 0.15) is 12.4 Å². The van der Waals surface area contributed by atoms with Crippen LogP contribution in [0.1, 0.15) is 5.56 Å². The second-order valence-electron chi connectivity index (χ2n) is 6.68. The van der Waals surface area contributed by atoms with Gasteiger partial charge >= 0.3 is 0 Å². The normalized spacial score (nSPS) is 13.1. The lowest BCUT2D eigenvalue weighted by molar-refractivity contribution is -0.119. The van der Waals surface area contributed by atoms with Gasteiger partial charge in [0.05, 0.1) is 11.0 Å². The van der Waals surface area contributed by atoms with Gasteiger partial charge in [-0.05, 0) is 42.3 Å². The van der Waals surface area contributed by atoms with E-state index in [9.17, 15) is 4.79 Å². The van der Waals surface area contributed by atoms with E-state index in [0.717, 1.165) is 41.1 Å². The van der Waals surface area contributed by atoms with Crippen LogP contribution in [-0.4, -0.2) is 27.0 Å². The summed E-state index contributed by atoms with van der Waals surface area (Å²) in [6.45, 7) is 0.978. The highest BCUT2D eigenvalue weighted by molar-refractivity contribution is 5.96. The Morgan fingerprint density at radius 3 is 2.74 bits per heavy atom. The molecule has 0 unspecified atom stereocenters. The number of benzene rings is 2. The average Bonchev–Trinajstić information content (AvgIpc) is 3.31. The van der Waals surface area contributed by atoms with Crippen LogP contribution in [0.5, 0.6) is 0 Å². The summed E-state index contributed by atoms with van der Waals surface area (Å²) < 4.78 is 2.00. The number of hydrogen-bond donors (Lipinski definition) is 0. The number of carbonyl (C=O) groups excluding carboxylic acids is 1.